The summed E-state index contributed by atoms with van der Waals surface area (Å²) in [6, 6.07) is 16.0. The van der Waals surface area contributed by atoms with E-state index in [0.29, 0.717) is 18.2 Å². The van der Waals surface area contributed by atoms with Crippen LogP contribution in [-0.4, -0.2) is 42.4 Å². The van der Waals surface area contributed by atoms with E-state index in [0.717, 1.165) is 52.1 Å². The Bertz CT molecular complexity index is 1260. The number of rotatable bonds is 6. The van der Waals surface area contributed by atoms with Gasteiger partial charge in [0.2, 0.25) is 0 Å². The molecular formula is C23H23BrN6O. The fourth-order valence-electron chi connectivity index (χ4n) is 4.00. The molecule has 1 aliphatic carbocycles. The van der Waals surface area contributed by atoms with Crippen molar-refractivity contribution in [2.75, 3.05) is 7.05 Å². The van der Waals surface area contributed by atoms with Crippen LogP contribution in [0.5, 0.6) is 0 Å². The van der Waals surface area contributed by atoms with Crippen LogP contribution in [0.1, 0.15) is 47.7 Å². The van der Waals surface area contributed by atoms with Crippen LogP contribution in [0.25, 0.3) is 16.7 Å². The zero-order valence-corrected chi connectivity index (χ0v) is 19.1. The molecule has 1 saturated carbocycles. The predicted octanol–water partition coefficient (Wildman–Crippen LogP) is 4.55. The van der Waals surface area contributed by atoms with E-state index in [4.69, 9.17) is 4.98 Å². The number of nitrogens with zero attached hydrogens (tertiary/aromatic N) is 6. The number of hydrogen-bond acceptors (Lipinski definition) is 4. The molecule has 158 valence electrons. The highest BCUT2D eigenvalue weighted by atomic mass is 79.9. The van der Waals surface area contributed by atoms with Crippen molar-refractivity contribution in [2.24, 2.45) is 0 Å². The van der Waals surface area contributed by atoms with Crippen LogP contribution in [0.3, 0.4) is 0 Å². The first-order chi connectivity index (χ1) is 15.1. The van der Waals surface area contributed by atoms with E-state index in [1.54, 1.807) is 11.9 Å². The summed E-state index contributed by atoms with van der Waals surface area (Å²) in [5.41, 5.74) is 4.28. The highest BCUT2D eigenvalue weighted by Gasteiger charge is 2.35. The zero-order valence-electron chi connectivity index (χ0n) is 17.5. The average Bonchev–Trinajstić information content (AvgIpc) is 3.42. The van der Waals surface area contributed by atoms with Crippen LogP contribution < -0.4 is 0 Å². The molecule has 7 nitrogen and oxygen atoms in total. The fourth-order valence-corrected chi connectivity index (χ4v) is 4.27. The van der Waals surface area contributed by atoms with Gasteiger partial charge in [0.05, 0.1) is 29.0 Å². The van der Waals surface area contributed by atoms with Gasteiger partial charge >= 0.3 is 0 Å². The van der Waals surface area contributed by atoms with Crippen molar-refractivity contribution in [3.05, 3.63) is 70.2 Å². The fraction of sp³-hybridized carbons (Fsp3) is 0.304. The van der Waals surface area contributed by atoms with Crippen molar-refractivity contribution in [1.29, 1.82) is 0 Å². The number of para-hydroxylation sites is 2. The number of carbonyl (C=O) groups excluding carboxylic acids is 1. The minimum atomic E-state index is -0.125. The lowest BCUT2D eigenvalue weighted by atomic mass is 10.2. The van der Waals surface area contributed by atoms with Gasteiger partial charge in [-0.15, -0.1) is 5.10 Å². The van der Waals surface area contributed by atoms with Gasteiger partial charge < -0.3 is 9.47 Å². The Morgan fingerprint density at radius 1 is 1.16 bits per heavy atom. The molecule has 8 heteroatoms. The molecule has 0 bridgehead atoms. The van der Waals surface area contributed by atoms with Crippen molar-refractivity contribution in [1.82, 2.24) is 29.4 Å². The van der Waals surface area contributed by atoms with Crippen LogP contribution in [-0.2, 0) is 13.1 Å². The first-order valence-electron chi connectivity index (χ1n) is 10.5. The summed E-state index contributed by atoms with van der Waals surface area (Å²) < 4.78 is 4.96. The molecule has 2 aromatic carbocycles. The van der Waals surface area contributed by atoms with Gasteiger partial charge in [-0.2, -0.15) is 0 Å². The topological polar surface area (TPSA) is 68.8 Å². The standard InChI is InChI=1S/C23H23BrN6O/c1-3-29-19-7-5-4-6-18(19)25-20(29)14-28(2)23(31)21-22(15-8-9-15)30(27-26-21)17-12-10-16(24)11-13-17/h4-7,10-13,15H,3,8-9,14H2,1-2H3. The Hall–Kier alpha value is -3.00. The first-order valence-corrected chi connectivity index (χ1v) is 11.3. The van der Waals surface area contributed by atoms with Crippen molar-refractivity contribution in [3.63, 3.8) is 0 Å². The van der Waals surface area contributed by atoms with E-state index >= 15 is 0 Å². The summed E-state index contributed by atoms with van der Waals surface area (Å²) >= 11 is 3.47. The molecule has 4 aromatic rings. The number of fused-ring (bicyclic) bond motifs is 1. The molecule has 31 heavy (non-hydrogen) atoms. The Labute approximate surface area is 188 Å². The monoisotopic (exact) mass is 478 g/mol. The van der Waals surface area contributed by atoms with E-state index in [1.165, 1.54) is 0 Å². The number of aryl methyl sites for hydroxylation is 1. The van der Waals surface area contributed by atoms with Crippen molar-refractivity contribution in [2.45, 2.75) is 38.8 Å². The van der Waals surface area contributed by atoms with Crippen molar-refractivity contribution in [3.8, 4) is 5.69 Å². The summed E-state index contributed by atoms with van der Waals surface area (Å²) in [7, 11) is 1.80. The maximum absolute atomic E-state index is 13.4. The second-order valence-corrected chi connectivity index (χ2v) is 8.82. The third-order valence-corrected chi connectivity index (χ3v) is 6.25. The number of hydrogen-bond donors (Lipinski definition) is 0. The molecule has 0 spiro atoms. The molecule has 2 aromatic heterocycles. The molecule has 1 aliphatic rings. The molecule has 0 atom stereocenters. The number of amides is 1. The van der Waals surface area contributed by atoms with E-state index in [2.05, 4.69) is 43.8 Å². The number of aromatic nitrogens is 5. The predicted molar refractivity (Wildman–Crippen MR) is 122 cm³/mol. The highest BCUT2D eigenvalue weighted by molar-refractivity contribution is 9.10. The molecule has 0 N–H and O–H groups in total. The normalized spacial score (nSPS) is 13.6. The molecule has 1 amide bonds. The molecule has 0 saturated heterocycles. The van der Waals surface area contributed by atoms with Gasteiger partial charge in [-0.3, -0.25) is 4.79 Å². The number of halogens is 1. The Morgan fingerprint density at radius 2 is 1.90 bits per heavy atom. The van der Waals surface area contributed by atoms with Crippen molar-refractivity contribution >= 4 is 32.9 Å². The van der Waals surface area contributed by atoms with Gasteiger partial charge in [0.25, 0.3) is 5.91 Å². The first kappa shape index (κ1) is 19.9. The summed E-state index contributed by atoms with van der Waals surface area (Å²) in [6.45, 7) is 3.30. The van der Waals surface area contributed by atoms with Crippen LogP contribution in [0.4, 0.5) is 0 Å². The lowest BCUT2D eigenvalue weighted by Gasteiger charge is -2.17. The maximum atomic E-state index is 13.4. The Morgan fingerprint density at radius 3 is 2.61 bits per heavy atom. The zero-order chi connectivity index (χ0) is 21.5. The summed E-state index contributed by atoms with van der Waals surface area (Å²) in [6.07, 6.45) is 2.11. The summed E-state index contributed by atoms with van der Waals surface area (Å²) in [5, 5.41) is 8.65. The van der Waals surface area contributed by atoms with Crippen LogP contribution in [0, 0.1) is 0 Å². The third-order valence-electron chi connectivity index (χ3n) is 5.72. The second kappa shape index (κ2) is 7.92. The van der Waals surface area contributed by atoms with Crippen LogP contribution >= 0.6 is 15.9 Å². The molecular weight excluding hydrogens is 456 g/mol. The largest absolute Gasteiger partial charge is 0.333 e. The number of benzene rings is 2. The quantitative estimate of drug-likeness (QED) is 0.407. The Balaban J connectivity index is 1.46. The van der Waals surface area contributed by atoms with Gasteiger partial charge in [-0.05, 0) is 56.2 Å². The Kier molecular flexibility index (Phi) is 5.09. The summed E-state index contributed by atoms with van der Waals surface area (Å²) in [4.78, 5) is 19.8. The van der Waals surface area contributed by atoms with E-state index in [9.17, 15) is 4.79 Å². The smallest absolute Gasteiger partial charge is 0.276 e. The number of carbonyl (C=O) groups is 1. The average molecular weight is 479 g/mol. The van der Waals surface area contributed by atoms with Gasteiger partial charge in [-0.25, -0.2) is 9.67 Å². The minimum Gasteiger partial charge on any atom is -0.333 e. The van der Waals surface area contributed by atoms with Crippen LogP contribution in [0.15, 0.2) is 53.0 Å². The molecule has 5 rings (SSSR count). The molecule has 1 fully saturated rings. The van der Waals surface area contributed by atoms with Gasteiger partial charge in [-0.1, -0.05) is 33.3 Å². The van der Waals surface area contributed by atoms with E-state index in [1.807, 2.05) is 47.1 Å². The minimum absolute atomic E-state index is 0.125. The van der Waals surface area contributed by atoms with E-state index < -0.39 is 0 Å². The molecule has 0 radical (unpaired) electrons. The lowest BCUT2D eigenvalue weighted by Crippen LogP contribution is -2.29. The highest BCUT2D eigenvalue weighted by Crippen LogP contribution is 2.42. The molecule has 2 heterocycles. The molecule has 0 aliphatic heterocycles. The second-order valence-electron chi connectivity index (χ2n) is 7.91. The third kappa shape index (κ3) is 3.65. The van der Waals surface area contributed by atoms with E-state index in [-0.39, 0.29) is 5.91 Å². The van der Waals surface area contributed by atoms with Gasteiger partial charge in [0, 0.05) is 24.0 Å². The summed E-state index contributed by atoms with van der Waals surface area (Å²) in [5.74, 6) is 1.07. The van der Waals surface area contributed by atoms with Crippen molar-refractivity contribution < 1.29 is 4.79 Å². The van der Waals surface area contributed by atoms with Gasteiger partial charge in [0.15, 0.2) is 5.69 Å². The SMILES string of the molecule is CCn1c(CN(C)C(=O)c2nnn(-c3ccc(Br)cc3)c2C2CC2)nc2ccccc21. The number of imidazole rings is 1. The lowest BCUT2D eigenvalue weighted by molar-refractivity contribution is 0.0773. The molecule has 0 unspecified atom stereocenters. The van der Waals surface area contributed by atoms with Gasteiger partial charge in [0.1, 0.15) is 5.82 Å². The maximum Gasteiger partial charge on any atom is 0.276 e. The van der Waals surface area contributed by atoms with Crippen LogP contribution in [0.2, 0.25) is 0 Å².